The first-order valence-corrected chi connectivity index (χ1v) is 17.3. The van der Waals surface area contributed by atoms with Crippen molar-refractivity contribution in [3.8, 4) is 22.3 Å². The number of para-hydroxylation sites is 4. The summed E-state index contributed by atoms with van der Waals surface area (Å²) in [5.41, 5.74) is 18.8. The molecule has 0 N–H and O–H groups in total. The first kappa shape index (κ1) is 28.2. The molecule has 0 bridgehead atoms. The highest BCUT2D eigenvalue weighted by atomic mass is 15.3. The summed E-state index contributed by atoms with van der Waals surface area (Å²) in [5.74, 6) is 0. The topological polar surface area (TPSA) is 6.48 Å². The SMILES string of the molecule is CC(C)(C)c1ccc(N2c3ccccc3N(c3ccc4c(c3)C3(c5ccccc5-c5ccccc53)c3ccccc3-4)c3ccccc32)cc1. The Morgan fingerprint density at radius 2 is 0.735 bits per heavy atom. The van der Waals surface area contributed by atoms with Crippen molar-refractivity contribution >= 4 is 34.1 Å². The minimum Gasteiger partial charge on any atom is -0.306 e. The van der Waals surface area contributed by atoms with Crippen LogP contribution in [0.2, 0.25) is 0 Å². The van der Waals surface area contributed by atoms with Crippen molar-refractivity contribution < 1.29 is 0 Å². The molecular formula is C47H36N2. The van der Waals surface area contributed by atoms with E-state index in [2.05, 4.69) is 194 Å². The maximum absolute atomic E-state index is 2.48. The van der Waals surface area contributed by atoms with Crippen LogP contribution in [0.1, 0.15) is 48.6 Å². The summed E-state index contributed by atoms with van der Waals surface area (Å²) in [5, 5.41) is 0. The van der Waals surface area contributed by atoms with Crippen molar-refractivity contribution in [1.82, 2.24) is 0 Å². The molecule has 7 aromatic carbocycles. The molecule has 1 heterocycles. The minimum absolute atomic E-state index is 0.0952. The maximum atomic E-state index is 2.48. The van der Waals surface area contributed by atoms with E-state index in [0.717, 1.165) is 22.7 Å². The van der Waals surface area contributed by atoms with Crippen LogP contribution in [0.15, 0.2) is 164 Å². The van der Waals surface area contributed by atoms with Gasteiger partial charge in [-0.1, -0.05) is 136 Å². The van der Waals surface area contributed by atoms with Crippen LogP contribution in [0.25, 0.3) is 22.3 Å². The maximum Gasteiger partial charge on any atom is 0.0726 e. The fourth-order valence-electron chi connectivity index (χ4n) is 8.83. The summed E-state index contributed by atoms with van der Waals surface area (Å²) >= 11 is 0. The second-order valence-electron chi connectivity index (χ2n) is 14.6. The van der Waals surface area contributed by atoms with Crippen molar-refractivity contribution in [2.24, 2.45) is 0 Å². The van der Waals surface area contributed by atoms with Crippen molar-refractivity contribution in [3.05, 3.63) is 192 Å². The highest BCUT2D eigenvalue weighted by Crippen LogP contribution is 2.64. The lowest BCUT2D eigenvalue weighted by Gasteiger charge is -2.41. The van der Waals surface area contributed by atoms with Crippen LogP contribution < -0.4 is 9.80 Å². The first-order chi connectivity index (χ1) is 24.0. The molecule has 1 spiro atoms. The normalized spacial score (nSPS) is 14.5. The van der Waals surface area contributed by atoms with E-state index >= 15 is 0 Å². The number of hydrogen-bond donors (Lipinski definition) is 0. The molecular weight excluding hydrogens is 593 g/mol. The molecule has 2 heteroatoms. The highest BCUT2D eigenvalue weighted by molar-refractivity contribution is 6.03. The van der Waals surface area contributed by atoms with Crippen LogP contribution >= 0.6 is 0 Å². The molecule has 49 heavy (non-hydrogen) atoms. The smallest absolute Gasteiger partial charge is 0.0726 e. The lowest BCUT2D eigenvalue weighted by atomic mass is 9.70. The molecule has 0 atom stereocenters. The lowest BCUT2D eigenvalue weighted by Crippen LogP contribution is -2.27. The van der Waals surface area contributed by atoms with Crippen molar-refractivity contribution in [1.29, 1.82) is 0 Å². The third-order valence-electron chi connectivity index (χ3n) is 11.0. The Hall–Kier alpha value is -5.86. The lowest BCUT2D eigenvalue weighted by molar-refractivity contribution is 0.590. The van der Waals surface area contributed by atoms with Crippen LogP contribution in [0, 0.1) is 0 Å². The van der Waals surface area contributed by atoms with E-state index in [1.807, 2.05) is 0 Å². The van der Waals surface area contributed by atoms with Gasteiger partial charge in [0.05, 0.1) is 28.2 Å². The molecule has 2 aliphatic carbocycles. The third-order valence-corrected chi connectivity index (χ3v) is 11.0. The summed E-state index contributed by atoms with van der Waals surface area (Å²) in [6, 6.07) is 61.0. The zero-order valence-electron chi connectivity index (χ0n) is 28.0. The number of rotatable bonds is 2. The summed E-state index contributed by atoms with van der Waals surface area (Å²) in [6.07, 6.45) is 0. The summed E-state index contributed by atoms with van der Waals surface area (Å²) in [4.78, 5) is 4.89. The molecule has 2 nitrogen and oxygen atoms in total. The van der Waals surface area contributed by atoms with Gasteiger partial charge in [0, 0.05) is 11.4 Å². The van der Waals surface area contributed by atoms with E-state index in [0.29, 0.717) is 0 Å². The van der Waals surface area contributed by atoms with E-state index in [4.69, 9.17) is 0 Å². The molecule has 0 fully saturated rings. The van der Waals surface area contributed by atoms with Gasteiger partial charge in [0.2, 0.25) is 0 Å². The van der Waals surface area contributed by atoms with E-state index in [1.54, 1.807) is 0 Å². The number of benzene rings is 7. The molecule has 0 unspecified atom stereocenters. The Morgan fingerprint density at radius 3 is 1.18 bits per heavy atom. The first-order valence-electron chi connectivity index (χ1n) is 17.3. The molecule has 0 aromatic heterocycles. The number of anilines is 6. The average molecular weight is 629 g/mol. The van der Waals surface area contributed by atoms with Gasteiger partial charge in [0.25, 0.3) is 0 Å². The van der Waals surface area contributed by atoms with Crippen LogP contribution in [0.4, 0.5) is 34.1 Å². The van der Waals surface area contributed by atoms with Crippen LogP contribution in [-0.2, 0) is 10.8 Å². The molecule has 3 aliphatic rings. The van der Waals surface area contributed by atoms with E-state index in [9.17, 15) is 0 Å². The van der Waals surface area contributed by atoms with Crippen LogP contribution in [0.5, 0.6) is 0 Å². The predicted octanol–water partition coefficient (Wildman–Crippen LogP) is 12.6. The molecule has 7 aromatic rings. The fraction of sp³-hybridized carbons (Fsp3) is 0.106. The van der Waals surface area contributed by atoms with Crippen LogP contribution in [0.3, 0.4) is 0 Å². The minimum atomic E-state index is -0.384. The van der Waals surface area contributed by atoms with Gasteiger partial charge in [-0.15, -0.1) is 0 Å². The van der Waals surface area contributed by atoms with E-state index in [-0.39, 0.29) is 10.8 Å². The average Bonchev–Trinajstić information content (AvgIpc) is 3.60. The van der Waals surface area contributed by atoms with Gasteiger partial charge in [-0.25, -0.2) is 0 Å². The second kappa shape index (κ2) is 10.1. The monoisotopic (exact) mass is 628 g/mol. The Labute approximate surface area is 288 Å². The summed E-state index contributed by atoms with van der Waals surface area (Å²) in [7, 11) is 0. The Bertz CT molecular complexity index is 2330. The fourth-order valence-corrected chi connectivity index (χ4v) is 8.83. The second-order valence-corrected chi connectivity index (χ2v) is 14.6. The number of nitrogens with zero attached hydrogens (tertiary/aromatic N) is 2. The molecule has 0 saturated heterocycles. The summed E-state index contributed by atoms with van der Waals surface area (Å²) < 4.78 is 0. The van der Waals surface area contributed by atoms with Gasteiger partial charge >= 0.3 is 0 Å². The summed E-state index contributed by atoms with van der Waals surface area (Å²) in [6.45, 7) is 6.81. The Morgan fingerprint density at radius 1 is 0.367 bits per heavy atom. The number of fused-ring (bicyclic) bond motifs is 12. The van der Waals surface area contributed by atoms with Crippen molar-refractivity contribution in [2.75, 3.05) is 9.80 Å². The van der Waals surface area contributed by atoms with Gasteiger partial charge in [-0.3, -0.25) is 0 Å². The molecule has 10 rings (SSSR count). The predicted molar refractivity (Wildman–Crippen MR) is 204 cm³/mol. The van der Waals surface area contributed by atoms with Gasteiger partial charge in [0.1, 0.15) is 0 Å². The zero-order chi connectivity index (χ0) is 32.9. The highest BCUT2D eigenvalue weighted by Gasteiger charge is 2.51. The third kappa shape index (κ3) is 3.77. The quantitative estimate of drug-likeness (QED) is 0.188. The molecule has 0 radical (unpaired) electrons. The molecule has 234 valence electrons. The van der Waals surface area contributed by atoms with Crippen molar-refractivity contribution in [3.63, 3.8) is 0 Å². The largest absolute Gasteiger partial charge is 0.306 e. The Balaban J connectivity index is 1.21. The zero-order valence-corrected chi connectivity index (χ0v) is 28.0. The Kier molecular flexibility index (Phi) is 5.79. The standard InChI is InChI=1S/C47H36N2/c1-46(2,3)31-24-26-32(27-25-31)48-42-20-10-12-22-44(42)49(45-23-13-11-21-43(45)48)33-28-29-37-36-16-6-9-19-40(36)47(41(37)30-33)38-17-7-4-14-34(38)35-15-5-8-18-39(35)47/h4-30H,1-3H3. The molecule has 0 saturated carbocycles. The van der Waals surface area contributed by atoms with E-state index in [1.165, 1.54) is 61.4 Å². The van der Waals surface area contributed by atoms with Gasteiger partial charge in [-0.05, 0) is 104 Å². The molecule has 1 aliphatic heterocycles. The van der Waals surface area contributed by atoms with Gasteiger partial charge in [-0.2, -0.15) is 0 Å². The van der Waals surface area contributed by atoms with E-state index < -0.39 is 0 Å². The van der Waals surface area contributed by atoms with Crippen LogP contribution in [-0.4, -0.2) is 0 Å². The van der Waals surface area contributed by atoms with Gasteiger partial charge in [0.15, 0.2) is 0 Å². The number of hydrogen-bond acceptors (Lipinski definition) is 2. The molecule has 0 amide bonds. The van der Waals surface area contributed by atoms with Crippen molar-refractivity contribution in [2.45, 2.75) is 31.6 Å². The van der Waals surface area contributed by atoms with Gasteiger partial charge < -0.3 is 9.80 Å².